The molecule has 0 atom stereocenters. The molecular formula is C15H16F2N2O. The molecule has 1 N–H and O–H groups in total. The maximum atomic E-state index is 13.8. The molecule has 0 amide bonds. The quantitative estimate of drug-likeness (QED) is 0.932. The van der Waals surface area contributed by atoms with Crippen molar-refractivity contribution in [1.29, 1.82) is 0 Å². The number of hydrogen-bond acceptors (Lipinski definition) is 2. The molecule has 5 heteroatoms. The average molecular weight is 278 g/mol. The molecule has 1 aromatic carbocycles. The second-order valence-corrected chi connectivity index (χ2v) is 4.55. The summed E-state index contributed by atoms with van der Waals surface area (Å²) in [5, 5.41) is 3.06. The second-order valence-electron chi connectivity index (χ2n) is 4.55. The summed E-state index contributed by atoms with van der Waals surface area (Å²) in [6.45, 7) is 4.80. The van der Waals surface area contributed by atoms with Crippen molar-refractivity contribution >= 4 is 0 Å². The molecule has 0 fully saturated rings. The van der Waals surface area contributed by atoms with Gasteiger partial charge in [0.1, 0.15) is 11.6 Å². The van der Waals surface area contributed by atoms with Gasteiger partial charge in [0.25, 0.3) is 0 Å². The van der Waals surface area contributed by atoms with Crippen LogP contribution >= 0.6 is 0 Å². The molecule has 0 radical (unpaired) electrons. The Hall–Kier alpha value is -2.01. The van der Waals surface area contributed by atoms with Gasteiger partial charge in [0.15, 0.2) is 5.43 Å². The SMILES string of the molecule is CCNCc1cn(-c2ccc(F)cc2F)c(C)cc1=O. The Labute approximate surface area is 115 Å². The fourth-order valence-electron chi connectivity index (χ4n) is 2.00. The van der Waals surface area contributed by atoms with Crippen molar-refractivity contribution in [3.05, 3.63) is 63.6 Å². The lowest BCUT2D eigenvalue weighted by Crippen LogP contribution is -2.21. The maximum absolute atomic E-state index is 13.8. The number of pyridine rings is 1. The van der Waals surface area contributed by atoms with Gasteiger partial charge in [-0.3, -0.25) is 4.79 Å². The molecule has 0 aliphatic rings. The molecule has 0 unspecified atom stereocenters. The van der Waals surface area contributed by atoms with Gasteiger partial charge >= 0.3 is 0 Å². The molecule has 0 saturated heterocycles. The van der Waals surface area contributed by atoms with Crippen LogP contribution in [0, 0.1) is 18.6 Å². The first-order chi connectivity index (χ1) is 9.52. The molecule has 1 aromatic heterocycles. The number of hydrogen-bond donors (Lipinski definition) is 1. The minimum atomic E-state index is -0.661. The Morgan fingerprint density at radius 1 is 1.25 bits per heavy atom. The van der Waals surface area contributed by atoms with Crippen molar-refractivity contribution in [2.24, 2.45) is 0 Å². The largest absolute Gasteiger partial charge is 0.318 e. The van der Waals surface area contributed by atoms with E-state index in [2.05, 4.69) is 5.32 Å². The minimum Gasteiger partial charge on any atom is -0.318 e. The summed E-state index contributed by atoms with van der Waals surface area (Å²) in [5.74, 6) is -1.29. The van der Waals surface area contributed by atoms with Crippen LogP contribution in [0.25, 0.3) is 5.69 Å². The molecule has 2 aromatic rings. The molecule has 0 spiro atoms. The highest BCUT2D eigenvalue weighted by molar-refractivity contribution is 5.37. The number of benzene rings is 1. The van der Waals surface area contributed by atoms with Crippen LogP contribution < -0.4 is 10.7 Å². The molecule has 20 heavy (non-hydrogen) atoms. The van der Waals surface area contributed by atoms with Crippen LogP contribution in [0.2, 0.25) is 0 Å². The van der Waals surface area contributed by atoms with Gasteiger partial charge in [0.05, 0.1) is 5.69 Å². The predicted molar refractivity (Wildman–Crippen MR) is 74.1 cm³/mol. The highest BCUT2D eigenvalue weighted by atomic mass is 19.1. The lowest BCUT2D eigenvalue weighted by atomic mass is 10.2. The first-order valence-corrected chi connectivity index (χ1v) is 6.41. The Balaban J connectivity index is 2.53. The third-order valence-electron chi connectivity index (χ3n) is 3.06. The summed E-state index contributed by atoms with van der Waals surface area (Å²) in [7, 11) is 0. The number of rotatable bonds is 4. The lowest BCUT2D eigenvalue weighted by molar-refractivity contribution is 0.576. The van der Waals surface area contributed by atoms with Crippen molar-refractivity contribution in [3.8, 4) is 5.69 Å². The van der Waals surface area contributed by atoms with Crippen LogP contribution in [0.4, 0.5) is 8.78 Å². The van der Waals surface area contributed by atoms with Gasteiger partial charge in [-0.25, -0.2) is 8.78 Å². The molecule has 0 aliphatic carbocycles. The number of halogens is 2. The summed E-state index contributed by atoms with van der Waals surface area (Å²) in [6, 6.07) is 4.84. The summed E-state index contributed by atoms with van der Waals surface area (Å²) >= 11 is 0. The van der Waals surface area contributed by atoms with E-state index in [0.29, 0.717) is 17.8 Å². The Morgan fingerprint density at radius 2 is 2.00 bits per heavy atom. The molecule has 0 saturated carbocycles. The van der Waals surface area contributed by atoms with Crippen LogP contribution in [0.1, 0.15) is 18.2 Å². The monoisotopic (exact) mass is 278 g/mol. The van der Waals surface area contributed by atoms with Crippen molar-refractivity contribution in [2.75, 3.05) is 6.54 Å². The molecule has 3 nitrogen and oxygen atoms in total. The zero-order chi connectivity index (χ0) is 14.7. The van der Waals surface area contributed by atoms with Gasteiger partial charge in [-0.2, -0.15) is 0 Å². The molecule has 1 heterocycles. The van der Waals surface area contributed by atoms with Crippen molar-refractivity contribution in [1.82, 2.24) is 9.88 Å². The van der Waals surface area contributed by atoms with E-state index < -0.39 is 11.6 Å². The number of nitrogens with one attached hydrogen (secondary N) is 1. The first kappa shape index (κ1) is 14.4. The van der Waals surface area contributed by atoms with Crippen molar-refractivity contribution in [3.63, 3.8) is 0 Å². The standard InChI is InChI=1S/C15H16F2N2O/c1-3-18-8-11-9-19(10(2)6-15(11)20)14-5-4-12(16)7-13(14)17/h4-7,9,18H,3,8H2,1-2H3. The highest BCUT2D eigenvalue weighted by Gasteiger charge is 2.10. The summed E-state index contributed by atoms with van der Waals surface area (Å²) in [5.41, 5.74) is 1.27. The Bertz CT molecular complexity index is 680. The van der Waals surface area contributed by atoms with Crippen molar-refractivity contribution in [2.45, 2.75) is 20.4 Å². The molecule has 2 rings (SSSR count). The van der Waals surface area contributed by atoms with E-state index in [-0.39, 0.29) is 11.1 Å². The van der Waals surface area contributed by atoms with Gasteiger partial charge in [0, 0.05) is 36.1 Å². The minimum absolute atomic E-state index is 0.0952. The van der Waals surface area contributed by atoms with Crippen LogP contribution in [0.5, 0.6) is 0 Å². The van der Waals surface area contributed by atoms with E-state index in [4.69, 9.17) is 0 Å². The van der Waals surface area contributed by atoms with E-state index in [1.165, 1.54) is 18.2 Å². The van der Waals surface area contributed by atoms with E-state index in [1.54, 1.807) is 17.7 Å². The Morgan fingerprint density at radius 3 is 2.65 bits per heavy atom. The molecular weight excluding hydrogens is 262 g/mol. The van der Waals surface area contributed by atoms with Gasteiger partial charge < -0.3 is 9.88 Å². The topological polar surface area (TPSA) is 34.0 Å². The first-order valence-electron chi connectivity index (χ1n) is 6.41. The number of aromatic nitrogens is 1. The van der Waals surface area contributed by atoms with E-state index in [0.717, 1.165) is 12.6 Å². The number of aryl methyl sites for hydroxylation is 1. The van der Waals surface area contributed by atoms with Gasteiger partial charge in [-0.15, -0.1) is 0 Å². The molecule has 0 bridgehead atoms. The van der Waals surface area contributed by atoms with Crippen LogP contribution in [0.3, 0.4) is 0 Å². The fraction of sp³-hybridized carbons (Fsp3) is 0.267. The van der Waals surface area contributed by atoms with Gasteiger partial charge in [0.2, 0.25) is 0 Å². The van der Waals surface area contributed by atoms with Crippen LogP contribution in [-0.2, 0) is 6.54 Å². The highest BCUT2D eigenvalue weighted by Crippen LogP contribution is 2.16. The number of nitrogens with zero attached hydrogens (tertiary/aromatic N) is 1. The third-order valence-corrected chi connectivity index (χ3v) is 3.06. The zero-order valence-corrected chi connectivity index (χ0v) is 11.4. The summed E-state index contributed by atoms with van der Waals surface area (Å²) in [4.78, 5) is 11.9. The Kier molecular flexibility index (Phi) is 4.29. The lowest BCUT2D eigenvalue weighted by Gasteiger charge is -2.13. The normalized spacial score (nSPS) is 10.8. The molecule has 0 aliphatic heterocycles. The smallest absolute Gasteiger partial charge is 0.186 e. The van der Waals surface area contributed by atoms with Gasteiger partial charge in [-0.05, 0) is 25.6 Å². The molecule has 106 valence electrons. The average Bonchev–Trinajstić information content (AvgIpc) is 2.39. The van der Waals surface area contributed by atoms with Crippen molar-refractivity contribution < 1.29 is 8.78 Å². The third kappa shape index (κ3) is 2.93. The maximum Gasteiger partial charge on any atom is 0.186 e. The van der Waals surface area contributed by atoms with Gasteiger partial charge in [-0.1, -0.05) is 6.92 Å². The van der Waals surface area contributed by atoms with E-state index in [1.807, 2.05) is 6.92 Å². The zero-order valence-electron chi connectivity index (χ0n) is 11.4. The predicted octanol–water partition coefficient (Wildman–Crippen LogP) is 2.53. The second kappa shape index (κ2) is 5.96. The van der Waals surface area contributed by atoms with Crippen LogP contribution in [-0.4, -0.2) is 11.1 Å². The van der Waals surface area contributed by atoms with E-state index >= 15 is 0 Å². The summed E-state index contributed by atoms with van der Waals surface area (Å²) in [6.07, 6.45) is 1.59. The summed E-state index contributed by atoms with van der Waals surface area (Å²) < 4.78 is 28.4. The fourth-order valence-corrected chi connectivity index (χ4v) is 2.00. The van der Waals surface area contributed by atoms with E-state index in [9.17, 15) is 13.6 Å². The van der Waals surface area contributed by atoms with Crippen LogP contribution in [0.15, 0.2) is 35.3 Å².